The number of hydrogen-bond acceptors (Lipinski definition) is 5. The molecule has 2 aromatic carbocycles. The number of nitriles is 1. The fraction of sp³-hybridized carbons (Fsp3) is 0.308. The zero-order chi connectivity index (χ0) is 22.3. The summed E-state index contributed by atoms with van der Waals surface area (Å²) >= 11 is 1.52. The van der Waals surface area contributed by atoms with Crippen LogP contribution in [0.4, 0.5) is 5.00 Å². The second-order valence-corrected chi connectivity index (χ2v) is 9.05. The summed E-state index contributed by atoms with van der Waals surface area (Å²) in [5.41, 5.74) is 3.52. The van der Waals surface area contributed by atoms with Gasteiger partial charge in [0.2, 0.25) is 0 Å². The largest absolute Gasteiger partial charge is 0.494 e. The number of carbonyl (C=O) groups is 1. The second-order valence-electron chi connectivity index (χ2n) is 7.95. The first-order valence-corrected chi connectivity index (χ1v) is 11.8. The minimum atomic E-state index is -0.207. The maximum absolute atomic E-state index is 12.8. The predicted octanol–water partition coefficient (Wildman–Crippen LogP) is 6.03. The highest BCUT2D eigenvalue weighted by atomic mass is 35.5. The molecule has 2 heterocycles. The van der Waals surface area contributed by atoms with E-state index in [1.54, 1.807) is 12.1 Å². The van der Waals surface area contributed by atoms with Gasteiger partial charge in [-0.1, -0.05) is 43.7 Å². The number of thiophene rings is 1. The summed E-state index contributed by atoms with van der Waals surface area (Å²) in [7, 11) is 0. The standard InChI is InChI=1S/C26H27N3O2S.ClH/c1-2-3-15-31-21-11-9-20(10-12-21)25(30)28-26-23(16-27)22-13-14-29(18-24(22)32-26)17-19-7-5-4-6-8-19;/h4-12H,2-3,13-15,17-18H2,1H3,(H,28,30);1H. The molecule has 0 spiro atoms. The van der Waals surface area contributed by atoms with E-state index >= 15 is 0 Å². The first-order valence-electron chi connectivity index (χ1n) is 11.0. The molecule has 0 bridgehead atoms. The Morgan fingerprint density at radius 1 is 1.18 bits per heavy atom. The van der Waals surface area contributed by atoms with Gasteiger partial charge in [0.25, 0.3) is 5.91 Å². The number of fused-ring (bicyclic) bond motifs is 1. The van der Waals surface area contributed by atoms with Crippen molar-refractivity contribution < 1.29 is 9.53 Å². The van der Waals surface area contributed by atoms with Crippen molar-refractivity contribution in [2.45, 2.75) is 39.3 Å². The Morgan fingerprint density at radius 3 is 2.64 bits per heavy atom. The van der Waals surface area contributed by atoms with Crippen molar-refractivity contribution in [3.8, 4) is 11.8 Å². The summed E-state index contributed by atoms with van der Waals surface area (Å²) in [5, 5.41) is 13.4. The van der Waals surface area contributed by atoms with Crippen LogP contribution in [0.25, 0.3) is 0 Å². The molecular formula is C26H28ClN3O2S. The van der Waals surface area contributed by atoms with Crippen LogP contribution in [-0.4, -0.2) is 24.0 Å². The van der Waals surface area contributed by atoms with Gasteiger partial charge in [0.05, 0.1) is 12.2 Å². The molecule has 4 rings (SSSR count). The van der Waals surface area contributed by atoms with Crippen LogP contribution in [0.2, 0.25) is 0 Å². The molecule has 0 radical (unpaired) electrons. The number of amides is 1. The number of rotatable bonds is 8. The van der Waals surface area contributed by atoms with Gasteiger partial charge >= 0.3 is 0 Å². The molecule has 3 aromatic rings. The monoisotopic (exact) mass is 481 g/mol. The molecule has 1 aromatic heterocycles. The Bertz CT molecular complexity index is 1110. The Labute approximate surface area is 205 Å². The lowest BCUT2D eigenvalue weighted by Gasteiger charge is -2.26. The van der Waals surface area contributed by atoms with Crippen LogP contribution in [0.3, 0.4) is 0 Å². The zero-order valence-corrected chi connectivity index (χ0v) is 20.3. The van der Waals surface area contributed by atoms with Crippen molar-refractivity contribution in [1.29, 1.82) is 5.26 Å². The summed E-state index contributed by atoms with van der Waals surface area (Å²) in [6.07, 6.45) is 2.91. The summed E-state index contributed by atoms with van der Waals surface area (Å²) in [6.45, 7) is 5.38. The summed E-state index contributed by atoms with van der Waals surface area (Å²) < 4.78 is 5.67. The maximum Gasteiger partial charge on any atom is 0.256 e. The molecule has 33 heavy (non-hydrogen) atoms. The Morgan fingerprint density at radius 2 is 1.94 bits per heavy atom. The molecule has 0 aliphatic carbocycles. The van der Waals surface area contributed by atoms with E-state index in [9.17, 15) is 10.1 Å². The lowest BCUT2D eigenvalue weighted by molar-refractivity contribution is 0.102. The first kappa shape index (κ1) is 24.8. The summed E-state index contributed by atoms with van der Waals surface area (Å²) in [5.74, 6) is 0.555. The molecule has 1 aliphatic heterocycles. The molecular weight excluding hydrogens is 454 g/mol. The van der Waals surface area contributed by atoms with Gasteiger partial charge < -0.3 is 10.1 Å². The lowest BCUT2D eigenvalue weighted by Crippen LogP contribution is -2.29. The summed E-state index contributed by atoms with van der Waals surface area (Å²) in [6, 6.07) is 19.9. The van der Waals surface area contributed by atoms with Gasteiger partial charge in [-0.3, -0.25) is 9.69 Å². The van der Waals surface area contributed by atoms with E-state index in [4.69, 9.17) is 4.74 Å². The van der Waals surface area contributed by atoms with E-state index in [2.05, 4.69) is 47.5 Å². The maximum atomic E-state index is 12.8. The highest BCUT2D eigenvalue weighted by Crippen LogP contribution is 2.37. The quantitative estimate of drug-likeness (QED) is 0.399. The number of nitrogens with one attached hydrogen (secondary N) is 1. The molecule has 5 nitrogen and oxygen atoms in total. The Balaban J connectivity index is 0.00000306. The minimum absolute atomic E-state index is 0. The third-order valence-corrected chi connectivity index (χ3v) is 6.74. The van der Waals surface area contributed by atoms with Gasteiger partial charge in [0.15, 0.2) is 0 Å². The number of nitrogens with zero attached hydrogens (tertiary/aromatic N) is 2. The van der Waals surface area contributed by atoms with Crippen molar-refractivity contribution in [2.75, 3.05) is 18.5 Å². The van der Waals surface area contributed by atoms with Gasteiger partial charge in [0, 0.05) is 30.1 Å². The fourth-order valence-electron chi connectivity index (χ4n) is 3.85. The predicted molar refractivity (Wildman–Crippen MR) is 135 cm³/mol. The smallest absolute Gasteiger partial charge is 0.256 e. The van der Waals surface area contributed by atoms with Crippen molar-refractivity contribution in [2.24, 2.45) is 0 Å². The van der Waals surface area contributed by atoms with Gasteiger partial charge in [-0.25, -0.2) is 0 Å². The van der Waals surface area contributed by atoms with Crippen LogP contribution >= 0.6 is 23.7 Å². The molecule has 0 saturated carbocycles. The average Bonchev–Trinajstić information content (AvgIpc) is 3.16. The van der Waals surface area contributed by atoms with Crippen LogP contribution in [0.5, 0.6) is 5.75 Å². The van der Waals surface area contributed by atoms with Crippen LogP contribution < -0.4 is 10.1 Å². The van der Waals surface area contributed by atoms with Crippen molar-refractivity contribution in [3.63, 3.8) is 0 Å². The molecule has 1 N–H and O–H groups in total. The zero-order valence-electron chi connectivity index (χ0n) is 18.7. The SMILES string of the molecule is CCCCOc1ccc(C(=O)Nc2sc3c(c2C#N)CCN(Cc2ccccc2)C3)cc1.Cl. The third kappa shape index (κ3) is 6.14. The van der Waals surface area contributed by atoms with E-state index in [1.807, 2.05) is 18.2 Å². The minimum Gasteiger partial charge on any atom is -0.494 e. The van der Waals surface area contributed by atoms with Crippen molar-refractivity contribution in [1.82, 2.24) is 4.90 Å². The van der Waals surface area contributed by atoms with E-state index in [0.29, 0.717) is 22.7 Å². The number of ether oxygens (including phenoxy) is 1. The van der Waals surface area contributed by atoms with E-state index in [1.165, 1.54) is 21.8 Å². The topological polar surface area (TPSA) is 65.4 Å². The second kappa shape index (κ2) is 11.9. The Kier molecular flexibility index (Phi) is 8.90. The normalized spacial score (nSPS) is 12.8. The van der Waals surface area contributed by atoms with Crippen LogP contribution in [0.1, 0.15) is 51.7 Å². The molecule has 1 aliphatic rings. The van der Waals surface area contributed by atoms with Gasteiger partial charge in [0.1, 0.15) is 16.8 Å². The molecule has 0 saturated heterocycles. The highest BCUT2D eigenvalue weighted by molar-refractivity contribution is 7.16. The molecule has 0 atom stereocenters. The lowest BCUT2D eigenvalue weighted by atomic mass is 10.0. The van der Waals surface area contributed by atoms with Gasteiger partial charge in [-0.05, 0) is 48.2 Å². The molecule has 0 unspecified atom stereocenters. The van der Waals surface area contributed by atoms with Crippen molar-refractivity contribution >= 4 is 34.7 Å². The number of hydrogen-bond donors (Lipinski definition) is 1. The molecule has 7 heteroatoms. The highest BCUT2D eigenvalue weighted by Gasteiger charge is 2.25. The number of anilines is 1. The average molecular weight is 482 g/mol. The van der Waals surface area contributed by atoms with Crippen LogP contribution in [0.15, 0.2) is 54.6 Å². The first-order chi connectivity index (χ1) is 15.7. The third-order valence-electron chi connectivity index (χ3n) is 5.61. The molecule has 1 amide bonds. The number of benzene rings is 2. The Hall–Kier alpha value is -2.85. The number of carbonyl (C=O) groups excluding carboxylic acids is 1. The van der Waals surface area contributed by atoms with Crippen molar-refractivity contribution in [3.05, 3.63) is 81.7 Å². The van der Waals surface area contributed by atoms with Crippen LogP contribution in [0, 0.1) is 11.3 Å². The van der Waals surface area contributed by atoms with E-state index < -0.39 is 0 Å². The number of halogens is 1. The number of unbranched alkanes of at least 4 members (excludes halogenated alkanes) is 1. The summed E-state index contributed by atoms with van der Waals surface area (Å²) in [4.78, 5) is 16.4. The molecule has 172 valence electrons. The fourth-order valence-corrected chi connectivity index (χ4v) is 5.09. The molecule has 0 fully saturated rings. The van der Waals surface area contributed by atoms with E-state index in [-0.39, 0.29) is 18.3 Å². The van der Waals surface area contributed by atoms with E-state index in [0.717, 1.165) is 50.2 Å². The van der Waals surface area contributed by atoms with Gasteiger partial charge in [-0.15, -0.1) is 23.7 Å². The van der Waals surface area contributed by atoms with Gasteiger partial charge in [-0.2, -0.15) is 5.26 Å². The van der Waals surface area contributed by atoms with Crippen LogP contribution in [-0.2, 0) is 19.5 Å².